The second-order valence-corrected chi connectivity index (χ2v) is 11.8. The lowest BCUT2D eigenvalue weighted by Gasteiger charge is -2.23. The van der Waals surface area contributed by atoms with Crippen LogP contribution in [-0.4, -0.2) is 26.1 Å². The maximum absolute atomic E-state index is 5.21. The average molecular weight is 498 g/mol. The number of nitrogens with zero attached hydrogens (tertiary/aromatic N) is 3. The van der Waals surface area contributed by atoms with E-state index in [1.807, 2.05) is 0 Å². The highest BCUT2D eigenvalue weighted by atomic mass is 15.1. The molecular weight excluding hydrogens is 454 g/mol. The summed E-state index contributed by atoms with van der Waals surface area (Å²) < 4.78 is 2.44. The van der Waals surface area contributed by atoms with Crippen LogP contribution in [0.1, 0.15) is 89.6 Å². The monoisotopic (exact) mass is 497 g/mol. The maximum Gasteiger partial charge on any atom is 0.155 e. The fraction of sp³-hybridized carbons (Fsp3) is 0.500. The second kappa shape index (κ2) is 11.2. The number of benzene rings is 2. The van der Waals surface area contributed by atoms with Gasteiger partial charge in [0.05, 0.1) is 11.0 Å². The Hall–Kier alpha value is -2.92. The van der Waals surface area contributed by atoms with Crippen molar-refractivity contribution in [1.29, 1.82) is 0 Å². The van der Waals surface area contributed by atoms with Crippen LogP contribution in [0.5, 0.6) is 0 Å². The molecule has 196 valence electrons. The molecule has 1 fully saturated rings. The van der Waals surface area contributed by atoms with Gasteiger partial charge in [0.25, 0.3) is 0 Å². The number of para-hydroxylation sites is 1. The maximum atomic E-state index is 5.21. The first-order valence-electron chi connectivity index (χ1n) is 14.3. The summed E-state index contributed by atoms with van der Waals surface area (Å²) in [5.41, 5.74) is 5.75. The Morgan fingerprint density at radius 1 is 0.919 bits per heavy atom. The molecule has 0 amide bonds. The van der Waals surface area contributed by atoms with Gasteiger partial charge < -0.3 is 15.2 Å². The van der Waals surface area contributed by atoms with Crippen molar-refractivity contribution < 1.29 is 0 Å². The van der Waals surface area contributed by atoms with E-state index in [1.165, 1.54) is 54.1 Å². The fourth-order valence-corrected chi connectivity index (χ4v) is 5.53. The quantitative estimate of drug-likeness (QED) is 0.250. The van der Waals surface area contributed by atoms with E-state index in [-0.39, 0.29) is 5.54 Å². The molecule has 0 unspecified atom stereocenters. The summed E-state index contributed by atoms with van der Waals surface area (Å²) in [6.45, 7) is 10.5. The van der Waals surface area contributed by atoms with Gasteiger partial charge in [-0.1, -0.05) is 75.1 Å². The number of pyridine rings is 1. The summed E-state index contributed by atoms with van der Waals surface area (Å²) in [7, 11) is 0. The molecule has 2 N–H and O–H groups in total. The normalized spacial score (nSPS) is 15.0. The van der Waals surface area contributed by atoms with Crippen molar-refractivity contribution in [3.63, 3.8) is 0 Å². The van der Waals surface area contributed by atoms with Gasteiger partial charge in [-0.25, -0.2) is 9.97 Å². The number of fused-ring (bicyclic) bond motifs is 3. The van der Waals surface area contributed by atoms with Gasteiger partial charge in [0.15, 0.2) is 5.82 Å². The van der Waals surface area contributed by atoms with Gasteiger partial charge in [0.1, 0.15) is 11.3 Å². The van der Waals surface area contributed by atoms with Crippen molar-refractivity contribution in [1.82, 2.24) is 19.9 Å². The van der Waals surface area contributed by atoms with E-state index in [4.69, 9.17) is 9.97 Å². The van der Waals surface area contributed by atoms with Crippen molar-refractivity contribution in [2.24, 2.45) is 0 Å². The molecule has 37 heavy (non-hydrogen) atoms. The molecule has 1 saturated carbocycles. The number of nitrogens with one attached hydrogen (secondary N) is 2. The van der Waals surface area contributed by atoms with Gasteiger partial charge in [0.2, 0.25) is 0 Å². The van der Waals surface area contributed by atoms with Crippen molar-refractivity contribution in [3.05, 3.63) is 65.5 Å². The van der Waals surface area contributed by atoms with E-state index in [9.17, 15) is 0 Å². The van der Waals surface area contributed by atoms with E-state index in [1.54, 1.807) is 0 Å². The van der Waals surface area contributed by atoms with Crippen LogP contribution in [0.3, 0.4) is 0 Å². The van der Waals surface area contributed by atoms with Crippen LogP contribution in [0.15, 0.2) is 48.5 Å². The van der Waals surface area contributed by atoms with E-state index in [0.29, 0.717) is 6.04 Å². The van der Waals surface area contributed by atoms with Crippen LogP contribution in [0.2, 0.25) is 0 Å². The van der Waals surface area contributed by atoms with Gasteiger partial charge in [0, 0.05) is 36.5 Å². The Morgan fingerprint density at radius 2 is 1.65 bits per heavy atom. The summed E-state index contributed by atoms with van der Waals surface area (Å²) in [6, 6.07) is 18.3. The summed E-state index contributed by atoms with van der Waals surface area (Å²) >= 11 is 0. The molecule has 5 rings (SSSR count). The van der Waals surface area contributed by atoms with Crippen LogP contribution in [0, 0.1) is 0 Å². The number of aryl methyl sites for hydroxylation is 1. The molecule has 0 bridgehead atoms. The number of hydrogen-bond acceptors (Lipinski definition) is 4. The summed E-state index contributed by atoms with van der Waals surface area (Å²) in [5.74, 6) is 2.02. The zero-order valence-corrected chi connectivity index (χ0v) is 23.1. The minimum atomic E-state index is -0.1000. The molecule has 0 aliphatic heterocycles. The Bertz CT molecular complexity index is 1320. The Kier molecular flexibility index (Phi) is 7.80. The lowest BCUT2D eigenvalue weighted by molar-refractivity contribution is 0.372. The lowest BCUT2D eigenvalue weighted by Crippen LogP contribution is -2.30. The molecule has 0 saturated heterocycles. The highest BCUT2D eigenvalue weighted by Crippen LogP contribution is 2.32. The predicted molar refractivity (Wildman–Crippen MR) is 156 cm³/mol. The molecule has 0 spiro atoms. The molecule has 1 aliphatic rings. The van der Waals surface area contributed by atoms with Gasteiger partial charge in [-0.3, -0.25) is 0 Å². The predicted octanol–water partition coefficient (Wildman–Crippen LogP) is 7.61. The van der Waals surface area contributed by atoms with Crippen LogP contribution >= 0.6 is 0 Å². The number of aromatic nitrogens is 3. The largest absolute Gasteiger partial charge is 0.364 e. The van der Waals surface area contributed by atoms with Crippen LogP contribution < -0.4 is 10.6 Å². The summed E-state index contributed by atoms with van der Waals surface area (Å²) in [6.07, 6.45) is 10.0. The third-order valence-corrected chi connectivity index (χ3v) is 7.47. The van der Waals surface area contributed by atoms with E-state index < -0.39 is 0 Å². The summed E-state index contributed by atoms with van der Waals surface area (Å²) in [4.78, 5) is 10.2. The molecule has 0 atom stereocenters. The van der Waals surface area contributed by atoms with Crippen molar-refractivity contribution >= 4 is 27.8 Å². The lowest BCUT2D eigenvalue weighted by atomic mass is 9.95. The van der Waals surface area contributed by atoms with Gasteiger partial charge in [-0.2, -0.15) is 0 Å². The molecule has 2 aromatic carbocycles. The first-order valence-corrected chi connectivity index (χ1v) is 14.3. The smallest absolute Gasteiger partial charge is 0.155 e. The van der Waals surface area contributed by atoms with Gasteiger partial charge in [-0.15, -0.1) is 0 Å². The first-order chi connectivity index (χ1) is 17.9. The zero-order valence-electron chi connectivity index (χ0n) is 23.1. The van der Waals surface area contributed by atoms with Crippen molar-refractivity contribution in [2.45, 2.75) is 104 Å². The Morgan fingerprint density at radius 3 is 2.38 bits per heavy atom. The standard InChI is InChI=1S/C32H43N5/c1-5-6-16-28-35-29-30(26-14-10-11-15-27(26)34-31(29)36-32(2,3)4)37(28)22-24-19-17-23(18-20-24)21-33-25-12-8-7-9-13-25/h10-11,14-15,17-20,25,33H,5-9,12-13,16,21-22H2,1-4H3,(H,34,36). The van der Waals surface area contributed by atoms with Crippen LogP contribution in [0.25, 0.3) is 21.9 Å². The molecule has 4 aromatic rings. The fourth-order valence-electron chi connectivity index (χ4n) is 5.53. The minimum absolute atomic E-state index is 0.1000. The minimum Gasteiger partial charge on any atom is -0.364 e. The SMILES string of the molecule is CCCCc1nc2c(NC(C)(C)C)nc3ccccc3c2n1Cc1ccc(CNC2CCCCC2)cc1. The average Bonchev–Trinajstić information content (AvgIpc) is 3.25. The molecule has 1 aliphatic carbocycles. The molecule has 5 nitrogen and oxygen atoms in total. The number of anilines is 1. The zero-order chi connectivity index (χ0) is 25.8. The Balaban J connectivity index is 1.49. The van der Waals surface area contributed by atoms with Crippen molar-refractivity contribution in [3.8, 4) is 0 Å². The van der Waals surface area contributed by atoms with Gasteiger partial charge >= 0.3 is 0 Å². The van der Waals surface area contributed by atoms with Gasteiger partial charge in [-0.05, 0) is 57.2 Å². The van der Waals surface area contributed by atoms with E-state index >= 15 is 0 Å². The summed E-state index contributed by atoms with van der Waals surface area (Å²) in [5, 5.41) is 8.57. The highest BCUT2D eigenvalue weighted by Gasteiger charge is 2.21. The topological polar surface area (TPSA) is 54.8 Å². The molecule has 2 aromatic heterocycles. The highest BCUT2D eigenvalue weighted by molar-refractivity contribution is 6.07. The number of rotatable bonds is 9. The van der Waals surface area contributed by atoms with E-state index in [2.05, 4.69) is 91.4 Å². The first kappa shape index (κ1) is 25.7. The molecule has 2 heterocycles. The molecule has 0 radical (unpaired) electrons. The Labute approximate surface area is 222 Å². The number of unbranched alkanes of at least 4 members (excludes halogenated alkanes) is 1. The van der Waals surface area contributed by atoms with Crippen LogP contribution in [-0.2, 0) is 19.5 Å². The molecule has 5 heteroatoms. The van der Waals surface area contributed by atoms with E-state index in [0.717, 1.165) is 55.0 Å². The van der Waals surface area contributed by atoms with Crippen molar-refractivity contribution in [2.75, 3.05) is 5.32 Å². The number of hydrogen-bond donors (Lipinski definition) is 2. The third-order valence-electron chi connectivity index (χ3n) is 7.47. The second-order valence-electron chi connectivity index (χ2n) is 11.8. The molecular formula is C32H43N5. The number of imidazole rings is 1. The van der Waals surface area contributed by atoms with Crippen LogP contribution in [0.4, 0.5) is 5.82 Å². The third kappa shape index (κ3) is 6.15.